The van der Waals surface area contributed by atoms with Crippen molar-refractivity contribution in [2.45, 2.75) is 31.8 Å². The minimum Gasteiger partial charge on any atom is -0.417 e. The molecule has 1 unspecified atom stereocenters. The lowest BCUT2D eigenvalue weighted by Gasteiger charge is -2.31. The van der Waals surface area contributed by atoms with Crippen LogP contribution in [0.2, 0.25) is 0 Å². The average molecular weight is 243 g/mol. The van der Waals surface area contributed by atoms with Crippen molar-refractivity contribution in [3.05, 3.63) is 35.9 Å². The van der Waals surface area contributed by atoms with Gasteiger partial charge in [-0.25, -0.2) is 0 Å². The first-order valence-corrected chi connectivity index (χ1v) is 6.81. The molecule has 0 saturated carbocycles. The zero-order chi connectivity index (χ0) is 11.1. The van der Waals surface area contributed by atoms with E-state index in [2.05, 4.69) is 19.1 Å². The molecule has 0 amide bonds. The molecule has 1 atom stereocenters. The van der Waals surface area contributed by atoms with Crippen LogP contribution in [0, 0.1) is 0 Å². The molecule has 0 heterocycles. The molecule has 1 aromatic rings. The third-order valence-electron chi connectivity index (χ3n) is 2.84. The van der Waals surface area contributed by atoms with Crippen LogP contribution in [0.1, 0.15) is 31.7 Å². The van der Waals surface area contributed by atoms with E-state index >= 15 is 0 Å². The minimum absolute atomic E-state index is 0.245. The summed E-state index contributed by atoms with van der Waals surface area (Å²) in [5.74, 6) is 0.542. The Morgan fingerprint density at radius 1 is 1.33 bits per heavy atom. The van der Waals surface area contributed by atoms with Gasteiger partial charge < -0.3 is 4.43 Å². The summed E-state index contributed by atoms with van der Waals surface area (Å²) in [6.07, 6.45) is 3.35. The maximum Gasteiger partial charge on any atom is 0.147 e. The first kappa shape index (κ1) is 12.8. The molecule has 0 aliphatic rings. The first-order chi connectivity index (χ1) is 7.29. The molecular weight excluding hydrogens is 224 g/mol. The molecule has 0 aliphatic heterocycles. The van der Waals surface area contributed by atoms with Crippen molar-refractivity contribution in [1.29, 1.82) is 0 Å². The number of rotatable bonds is 6. The fraction of sp³-hybridized carbons (Fsp3) is 0.500. The Bertz CT molecular complexity index is 272. The van der Waals surface area contributed by atoms with Gasteiger partial charge in [-0.15, -0.1) is 11.6 Å². The van der Waals surface area contributed by atoms with Crippen LogP contribution in [-0.4, -0.2) is 16.4 Å². The fourth-order valence-corrected chi connectivity index (χ4v) is 2.93. The van der Waals surface area contributed by atoms with Crippen LogP contribution in [0.25, 0.3) is 0 Å². The predicted molar refractivity (Wildman–Crippen MR) is 69.4 cm³/mol. The minimum atomic E-state index is -0.245. The highest BCUT2D eigenvalue weighted by atomic mass is 35.5. The molecule has 1 nitrogen and oxygen atoms in total. The highest BCUT2D eigenvalue weighted by Gasteiger charge is 2.29. The van der Waals surface area contributed by atoms with Crippen molar-refractivity contribution in [2.24, 2.45) is 0 Å². The summed E-state index contributed by atoms with van der Waals surface area (Å²) in [6, 6.07) is 10.3. The normalized spacial score (nSPS) is 15.1. The molecule has 0 spiro atoms. The average Bonchev–Trinajstić information content (AvgIpc) is 2.33. The van der Waals surface area contributed by atoms with Gasteiger partial charge in [-0.05, 0) is 12.0 Å². The Balaban J connectivity index is 2.89. The predicted octanol–water partition coefficient (Wildman–Crippen LogP) is 2.61. The highest BCUT2D eigenvalue weighted by molar-refractivity contribution is 6.18. The van der Waals surface area contributed by atoms with Crippen molar-refractivity contribution in [3.63, 3.8) is 0 Å². The zero-order valence-corrected chi connectivity index (χ0v) is 12.3. The molecule has 0 N–H and O–H groups in total. The molecule has 0 saturated heterocycles. The Morgan fingerprint density at radius 2 is 2.00 bits per heavy atom. The van der Waals surface area contributed by atoms with E-state index in [0.29, 0.717) is 5.88 Å². The van der Waals surface area contributed by atoms with Gasteiger partial charge in [0.05, 0.1) is 11.5 Å². The lowest BCUT2D eigenvalue weighted by Crippen LogP contribution is -2.31. The second-order valence-electron chi connectivity index (χ2n) is 3.80. The van der Waals surface area contributed by atoms with Crippen molar-refractivity contribution in [1.82, 2.24) is 0 Å². The third kappa shape index (κ3) is 3.07. The Labute approximate surface area is 100 Å². The Hall–Kier alpha value is -0.313. The van der Waals surface area contributed by atoms with Gasteiger partial charge in [0.1, 0.15) is 10.5 Å². The second kappa shape index (κ2) is 6.31. The molecule has 15 heavy (non-hydrogen) atoms. The molecule has 84 valence electrons. The smallest absolute Gasteiger partial charge is 0.147 e. The second-order valence-corrected chi connectivity index (χ2v) is 4.48. The highest BCUT2D eigenvalue weighted by Crippen LogP contribution is 2.31. The summed E-state index contributed by atoms with van der Waals surface area (Å²) in [4.78, 5) is 0. The van der Waals surface area contributed by atoms with E-state index in [1.54, 1.807) is 0 Å². The van der Waals surface area contributed by atoms with Crippen molar-refractivity contribution in [3.8, 4) is 0 Å². The van der Waals surface area contributed by atoms with Crippen LogP contribution in [0.3, 0.4) is 0 Å². The lowest BCUT2D eigenvalue weighted by molar-refractivity contribution is 0.0904. The van der Waals surface area contributed by atoms with E-state index in [9.17, 15) is 0 Å². The van der Waals surface area contributed by atoms with Gasteiger partial charge in [0.25, 0.3) is 0 Å². The Morgan fingerprint density at radius 3 is 2.47 bits per heavy atom. The number of hydrogen-bond donors (Lipinski definition) is 0. The largest absolute Gasteiger partial charge is 0.417 e. The summed E-state index contributed by atoms with van der Waals surface area (Å²) >= 11 is 6.09. The zero-order valence-electron chi connectivity index (χ0n) is 9.50. The monoisotopic (exact) mass is 242 g/mol. The molecule has 0 aromatic heterocycles. The topological polar surface area (TPSA) is 9.23 Å². The van der Waals surface area contributed by atoms with Gasteiger partial charge >= 0.3 is 0 Å². The Kier molecular flexibility index (Phi) is 5.36. The van der Waals surface area contributed by atoms with Crippen LogP contribution < -0.4 is 0 Å². The van der Waals surface area contributed by atoms with Crippen LogP contribution in [0.5, 0.6) is 0 Å². The molecule has 0 fully saturated rings. The first-order valence-electron chi connectivity index (χ1n) is 5.45. The number of alkyl halides is 1. The van der Waals surface area contributed by atoms with Gasteiger partial charge in [0, 0.05) is 0 Å². The van der Waals surface area contributed by atoms with Gasteiger partial charge in [-0.2, -0.15) is 0 Å². The van der Waals surface area contributed by atoms with Crippen LogP contribution >= 0.6 is 11.6 Å². The van der Waals surface area contributed by atoms with Gasteiger partial charge in [0.15, 0.2) is 0 Å². The van der Waals surface area contributed by atoms with Gasteiger partial charge in [0.2, 0.25) is 0 Å². The summed E-state index contributed by atoms with van der Waals surface area (Å²) < 4.78 is 5.78. The lowest BCUT2D eigenvalue weighted by atomic mass is 9.90. The molecule has 1 rings (SSSR count). The number of benzene rings is 1. The summed E-state index contributed by atoms with van der Waals surface area (Å²) in [6.45, 7) is 2.19. The fourth-order valence-electron chi connectivity index (χ4n) is 1.77. The van der Waals surface area contributed by atoms with Crippen LogP contribution in [0.4, 0.5) is 0 Å². The van der Waals surface area contributed by atoms with E-state index in [1.165, 1.54) is 12.0 Å². The van der Waals surface area contributed by atoms with Gasteiger partial charge in [-0.3, -0.25) is 0 Å². The molecule has 0 radical (unpaired) electrons. The van der Waals surface area contributed by atoms with E-state index in [1.807, 2.05) is 18.2 Å². The number of hydrogen-bond acceptors (Lipinski definition) is 1. The van der Waals surface area contributed by atoms with Crippen molar-refractivity contribution < 1.29 is 4.43 Å². The molecule has 0 bridgehead atoms. The number of unbranched alkanes of at least 4 members (excludes halogenated alkanes) is 1. The van der Waals surface area contributed by atoms with Crippen LogP contribution in [-0.2, 0) is 10.0 Å². The summed E-state index contributed by atoms with van der Waals surface area (Å²) in [7, 11) is 0.723. The quantitative estimate of drug-likeness (QED) is 0.551. The van der Waals surface area contributed by atoms with Crippen molar-refractivity contribution >= 4 is 22.1 Å². The summed E-state index contributed by atoms with van der Waals surface area (Å²) in [5.41, 5.74) is 0.967. The van der Waals surface area contributed by atoms with E-state index in [4.69, 9.17) is 16.0 Å². The van der Waals surface area contributed by atoms with E-state index in [0.717, 1.165) is 23.3 Å². The standard InChI is InChI=1S/C12H19ClOSi/c1-2-3-9-12(10-13,14-15)11-7-5-4-6-8-11/h4-8H,2-3,9-10H2,1,15H3. The molecule has 0 aliphatic carbocycles. The molecule has 1 aromatic carbocycles. The van der Waals surface area contributed by atoms with E-state index < -0.39 is 0 Å². The number of halogens is 1. The third-order valence-corrected chi connectivity index (χ3v) is 4.05. The van der Waals surface area contributed by atoms with E-state index in [-0.39, 0.29) is 5.60 Å². The van der Waals surface area contributed by atoms with Crippen molar-refractivity contribution in [2.75, 3.05) is 5.88 Å². The maximum absolute atomic E-state index is 6.09. The molecular formula is C12H19ClOSi. The maximum atomic E-state index is 6.09. The molecule has 3 heteroatoms. The van der Waals surface area contributed by atoms with Gasteiger partial charge in [-0.1, -0.05) is 50.1 Å². The van der Waals surface area contributed by atoms with Crippen LogP contribution in [0.15, 0.2) is 30.3 Å². The summed E-state index contributed by atoms with van der Waals surface area (Å²) in [5, 5.41) is 0. The SMILES string of the molecule is CCCCC(CCl)(O[SiH3])c1ccccc1.